The molecule has 5 heteroatoms. The first-order chi connectivity index (χ1) is 8.70. The topological polar surface area (TPSA) is 87.7 Å². The van der Waals surface area contributed by atoms with Crippen LogP contribution >= 0.6 is 0 Å². The van der Waals surface area contributed by atoms with E-state index in [2.05, 4.69) is 10.5 Å². The number of rotatable bonds is 6. The van der Waals surface area contributed by atoms with Crippen LogP contribution in [-0.4, -0.2) is 23.5 Å². The molecule has 1 rings (SSSR count). The monoisotopic (exact) mass is 249 g/mol. The van der Waals surface area contributed by atoms with E-state index in [1.54, 1.807) is 12.1 Å². The molecule has 0 aliphatic carbocycles. The fourth-order valence-electron chi connectivity index (χ4n) is 1.65. The molecule has 1 aromatic rings. The maximum Gasteiger partial charge on any atom is 0.235 e. The summed E-state index contributed by atoms with van der Waals surface area (Å²) in [5, 5.41) is 14.5. The van der Waals surface area contributed by atoms with Crippen LogP contribution in [0.5, 0.6) is 0 Å². The fourth-order valence-corrected chi connectivity index (χ4v) is 1.65. The molecule has 4 N–H and O–H groups in total. The number of benzene rings is 1. The summed E-state index contributed by atoms with van der Waals surface area (Å²) in [6, 6.07) is 9.03. The Hall–Kier alpha value is -2.04. The molecule has 1 amide bonds. The number of carbonyl (C=O) groups excluding carboxylic acids is 1. The third-order valence-corrected chi connectivity index (χ3v) is 2.64. The van der Waals surface area contributed by atoms with E-state index < -0.39 is 5.92 Å². The normalized spacial score (nSPS) is 13.1. The molecular weight excluding hydrogens is 230 g/mol. The molecule has 0 aliphatic rings. The minimum atomic E-state index is -0.743. The van der Waals surface area contributed by atoms with Crippen molar-refractivity contribution < 1.29 is 10.0 Å². The molecule has 0 bridgehead atoms. The summed E-state index contributed by atoms with van der Waals surface area (Å²) in [5.41, 5.74) is 6.30. The van der Waals surface area contributed by atoms with Crippen LogP contribution in [0, 0.1) is 0 Å². The molecule has 98 valence electrons. The van der Waals surface area contributed by atoms with Gasteiger partial charge in [-0.05, 0) is 12.0 Å². The number of amidine groups is 1. The summed E-state index contributed by atoms with van der Waals surface area (Å²) in [4.78, 5) is 12.0. The average molecular weight is 249 g/mol. The molecule has 0 fully saturated rings. The van der Waals surface area contributed by atoms with Crippen molar-refractivity contribution in [3.05, 3.63) is 35.9 Å². The predicted molar refractivity (Wildman–Crippen MR) is 70.5 cm³/mol. The second kappa shape index (κ2) is 7.32. The lowest BCUT2D eigenvalue weighted by molar-refractivity contribution is -0.121. The third kappa shape index (κ3) is 3.76. The van der Waals surface area contributed by atoms with Crippen LogP contribution in [-0.2, 0) is 4.79 Å². The number of nitrogens with one attached hydrogen (secondary N) is 1. The Morgan fingerprint density at radius 2 is 2.11 bits per heavy atom. The van der Waals surface area contributed by atoms with Gasteiger partial charge in [0, 0.05) is 6.54 Å². The Bertz CT molecular complexity index is 404. The largest absolute Gasteiger partial charge is 0.409 e. The first kappa shape index (κ1) is 14.0. The minimum absolute atomic E-state index is 0.102. The van der Waals surface area contributed by atoms with Gasteiger partial charge in [-0.15, -0.1) is 0 Å². The molecule has 18 heavy (non-hydrogen) atoms. The quantitative estimate of drug-likeness (QED) is 0.234. The molecule has 0 saturated carbocycles. The Kier molecular flexibility index (Phi) is 5.70. The van der Waals surface area contributed by atoms with Crippen molar-refractivity contribution in [2.45, 2.75) is 25.7 Å². The van der Waals surface area contributed by atoms with Crippen molar-refractivity contribution in [1.29, 1.82) is 0 Å². The van der Waals surface area contributed by atoms with Crippen LogP contribution in [0.4, 0.5) is 0 Å². The Balaban J connectivity index is 2.83. The van der Waals surface area contributed by atoms with Gasteiger partial charge in [-0.3, -0.25) is 4.79 Å². The minimum Gasteiger partial charge on any atom is -0.409 e. The van der Waals surface area contributed by atoms with E-state index >= 15 is 0 Å². The lowest BCUT2D eigenvalue weighted by atomic mass is 9.97. The van der Waals surface area contributed by atoms with Gasteiger partial charge in [-0.1, -0.05) is 48.8 Å². The van der Waals surface area contributed by atoms with Gasteiger partial charge in [-0.25, -0.2) is 0 Å². The summed E-state index contributed by atoms with van der Waals surface area (Å²) < 4.78 is 0. The molecule has 1 aromatic carbocycles. The van der Waals surface area contributed by atoms with Crippen LogP contribution in [0.2, 0.25) is 0 Å². The number of oxime groups is 1. The first-order valence-corrected chi connectivity index (χ1v) is 6.00. The van der Waals surface area contributed by atoms with Crippen molar-refractivity contribution in [2.24, 2.45) is 10.9 Å². The predicted octanol–water partition coefficient (Wildman–Crippen LogP) is 1.43. The summed E-state index contributed by atoms with van der Waals surface area (Å²) >= 11 is 0. The Morgan fingerprint density at radius 1 is 1.44 bits per heavy atom. The average Bonchev–Trinajstić information content (AvgIpc) is 2.40. The molecule has 1 atom stereocenters. The molecule has 1 unspecified atom stereocenters. The summed E-state index contributed by atoms with van der Waals surface area (Å²) in [5.74, 6) is -1.09. The van der Waals surface area contributed by atoms with Crippen LogP contribution in [0.1, 0.15) is 31.2 Å². The second-order valence-electron chi connectivity index (χ2n) is 4.01. The molecule has 0 radical (unpaired) electrons. The van der Waals surface area contributed by atoms with Gasteiger partial charge in [-0.2, -0.15) is 0 Å². The van der Waals surface area contributed by atoms with Crippen LogP contribution in [0.15, 0.2) is 35.5 Å². The van der Waals surface area contributed by atoms with Gasteiger partial charge in [0.1, 0.15) is 5.92 Å². The second-order valence-corrected chi connectivity index (χ2v) is 4.01. The van der Waals surface area contributed by atoms with E-state index in [-0.39, 0.29) is 11.7 Å². The highest BCUT2D eigenvalue weighted by Crippen LogP contribution is 2.15. The van der Waals surface area contributed by atoms with Gasteiger partial charge in [0.15, 0.2) is 5.84 Å². The number of hydrogen-bond donors (Lipinski definition) is 3. The van der Waals surface area contributed by atoms with E-state index in [0.29, 0.717) is 12.1 Å². The maximum absolute atomic E-state index is 12.0. The molecule has 0 spiro atoms. The highest BCUT2D eigenvalue weighted by Gasteiger charge is 2.24. The van der Waals surface area contributed by atoms with Gasteiger partial charge in [0.25, 0.3) is 0 Å². The van der Waals surface area contributed by atoms with Gasteiger partial charge < -0.3 is 16.3 Å². The van der Waals surface area contributed by atoms with E-state index in [4.69, 9.17) is 10.9 Å². The van der Waals surface area contributed by atoms with E-state index in [1.807, 2.05) is 25.1 Å². The molecule has 0 saturated heterocycles. The van der Waals surface area contributed by atoms with Crippen molar-refractivity contribution in [2.75, 3.05) is 6.54 Å². The zero-order chi connectivity index (χ0) is 13.4. The molecule has 5 nitrogen and oxygen atoms in total. The lowest BCUT2D eigenvalue weighted by Gasteiger charge is -2.15. The van der Waals surface area contributed by atoms with E-state index in [0.717, 1.165) is 12.8 Å². The van der Waals surface area contributed by atoms with Gasteiger partial charge >= 0.3 is 0 Å². The van der Waals surface area contributed by atoms with Crippen LogP contribution < -0.4 is 11.1 Å². The zero-order valence-corrected chi connectivity index (χ0v) is 10.5. The van der Waals surface area contributed by atoms with Gasteiger partial charge in [0.05, 0.1) is 0 Å². The zero-order valence-electron chi connectivity index (χ0n) is 10.5. The SMILES string of the molecule is CCCCNC(=O)C(/C(N)=N/O)c1ccccc1. The Morgan fingerprint density at radius 3 is 2.67 bits per heavy atom. The van der Waals surface area contributed by atoms with Crippen molar-refractivity contribution in [3.8, 4) is 0 Å². The number of nitrogens with zero attached hydrogens (tertiary/aromatic N) is 1. The molecule has 0 aromatic heterocycles. The molecule has 0 heterocycles. The summed E-state index contributed by atoms with van der Waals surface area (Å²) in [7, 11) is 0. The highest BCUT2D eigenvalue weighted by atomic mass is 16.4. The Labute approximate surface area is 107 Å². The van der Waals surface area contributed by atoms with Crippen molar-refractivity contribution >= 4 is 11.7 Å². The highest BCUT2D eigenvalue weighted by molar-refractivity contribution is 6.07. The molecular formula is C13H19N3O2. The van der Waals surface area contributed by atoms with Crippen molar-refractivity contribution in [1.82, 2.24) is 5.32 Å². The number of hydrogen-bond acceptors (Lipinski definition) is 3. The number of unbranched alkanes of at least 4 members (excludes halogenated alkanes) is 1. The third-order valence-electron chi connectivity index (χ3n) is 2.64. The number of carbonyl (C=O) groups is 1. The first-order valence-electron chi connectivity index (χ1n) is 6.00. The maximum atomic E-state index is 12.0. The van der Waals surface area contributed by atoms with Gasteiger partial charge in [0.2, 0.25) is 5.91 Å². The smallest absolute Gasteiger partial charge is 0.235 e. The van der Waals surface area contributed by atoms with E-state index in [1.165, 1.54) is 0 Å². The standard InChI is InChI=1S/C13H19N3O2/c1-2-3-9-15-13(17)11(12(14)16-18)10-7-5-4-6-8-10/h4-8,11,18H,2-3,9H2,1H3,(H2,14,16)(H,15,17). The fraction of sp³-hybridized carbons (Fsp3) is 0.385. The summed E-state index contributed by atoms with van der Waals surface area (Å²) in [6.45, 7) is 2.64. The number of amides is 1. The molecule has 0 aliphatic heterocycles. The van der Waals surface area contributed by atoms with Crippen molar-refractivity contribution in [3.63, 3.8) is 0 Å². The van der Waals surface area contributed by atoms with Crippen LogP contribution in [0.3, 0.4) is 0 Å². The van der Waals surface area contributed by atoms with E-state index in [9.17, 15) is 4.79 Å². The lowest BCUT2D eigenvalue weighted by Crippen LogP contribution is -2.37. The van der Waals surface area contributed by atoms with Crippen LogP contribution in [0.25, 0.3) is 0 Å². The summed E-state index contributed by atoms with van der Waals surface area (Å²) in [6.07, 6.45) is 1.91. The number of nitrogens with two attached hydrogens (primary N) is 1.